The van der Waals surface area contributed by atoms with Gasteiger partial charge in [0.1, 0.15) is 0 Å². The SMILES string of the molecule is CCCN1CCN(c2nc(Cl)nc(N(C)C)n2)CC1. The van der Waals surface area contributed by atoms with Crippen LogP contribution in [0.3, 0.4) is 0 Å². The molecule has 19 heavy (non-hydrogen) atoms. The van der Waals surface area contributed by atoms with E-state index >= 15 is 0 Å². The molecule has 7 heteroatoms. The van der Waals surface area contributed by atoms with Gasteiger partial charge in [-0.3, -0.25) is 4.90 Å². The van der Waals surface area contributed by atoms with Crippen molar-refractivity contribution in [2.24, 2.45) is 0 Å². The van der Waals surface area contributed by atoms with Crippen LogP contribution in [0.25, 0.3) is 0 Å². The summed E-state index contributed by atoms with van der Waals surface area (Å²) < 4.78 is 0. The predicted molar refractivity (Wildman–Crippen MR) is 78.1 cm³/mol. The van der Waals surface area contributed by atoms with Gasteiger partial charge < -0.3 is 9.80 Å². The molecule has 0 spiro atoms. The van der Waals surface area contributed by atoms with E-state index in [2.05, 4.69) is 31.7 Å². The Hall–Kier alpha value is -1.14. The molecule has 0 amide bonds. The highest BCUT2D eigenvalue weighted by Crippen LogP contribution is 2.16. The van der Waals surface area contributed by atoms with E-state index < -0.39 is 0 Å². The molecule has 1 aromatic heterocycles. The Morgan fingerprint density at radius 2 is 1.79 bits per heavy atom. The fourth-order valence-electron chi connectivity index (χ4n) is 2.16. The van der Waals surface area contributed by atoms with Gasteiger partial charge in [-0.2, -0.15) is 15.0 Å². The third-order valence-corrected chi connectivity index (χ3v) is 3.35. The topological polar surface area (TPSA) is 48.4 Å². The van der Waals surface area contributed by atoms with Gasteiger partial charge in [0.25, 0.3) is 0 Å². The van der Waals surface area contributed by atoms with Crippen LogP contribution >= 0.6 is 11.6 Å². The summed E-state index contributed by atoms with van der Waals surface area (Å²) in [7, 11) is 3.79. The van der Waals surface area contributed by atoms with Crippen LogP contribution in [0.15, 0.2) is 0 Å². The van der Waals surface area contributed by atoms with E-state index in [0.717, 1.165) is 32.7 Å². The van der Waals surface area contributed by atoms with Crippen LogP contribution in [-0.2, 0) is 0 Å². The molecule has 0 N–H and O–H groups in total. The van der Waals surface area contributed by atoms with E-state index in [1.807, 2.05) is 19.0 Å². The van der Waals surface area contributed by atoms with E-state index in [-0.39, 0.29) is 5.28 Å². The summed E-state index contributed by atoms with van der Waals surface area (Å²) in [5.74, 6) is 1.28. The molecular formula is C12H21ClN6. The highest BCUT2D eigenvalue weighted by Gasteiger charge is 2.19. The van der Waals surface area contributed by atoms with Gasteiger partial charge in [-0.05, 0) is 24.6 Å². The van der Waals surface area contributed by atoms with Crippen LogP contribution in [0, 0.1) is 0 Å². The molecule has 2 rings (SSSR count). The Morgan fingerprint density at radius 3 is 2.37 bits per heavy atom. The Morgan fingerprint density at radius 1 is 1.11 bits per heavy atom. The first kappa shape index (κ1) is 14.3. The molecule has 0 bridgehead atoms. The van der Waals surface area contributed by atoms with Gasteiger partial charge in [0.05, 0.1) is 0 Å². The average molecular weight is 285 g/mol. The molecule has 2 heterocycles. The predicted octanol–water partition coefficient (Wildman–Crippen LogP) is 1.12. The molecule has 0 atom stereocenters. The van der Waals surface area contributed by atoms with E-state index in [1.54, 1.807) is 0 Å². The van der Waals surface area contributed by atoms with E-state index in [0.29, 0.717) is 11.9 Å². The lowest BCUT2D eigenvalue weighted by atomic mass is 10.3. The quantitative estimate of drug-likeness (QED) is 0.826. The van der Waals surface area contributed by atoms with Crippen LogP contribution in [0.2, 0.25) is 5.28 Å². The molecule has 0 aliphatic carbocycles. The summed E-state index contributed by atoms with van der Waals surface area (Å²) in [6.45, 7) is 7.35. The minimum Gasteiger partial charge on any atom is -0.347 e. The van der Waals surface area contributed by atoms with Crippen molar-refractivity contribution in [3.63, 3.8) is 0 Å². The molecule has 0 radical (unpaired) electrons. The summed E-state index contributed by atoms with van der Waals surface area (Å²) in [5, 5.41) is 0.254. The zero-order valence-corrected chi connectivity index (χ0v) is 12.6. The molecule has 106 valence electrons. The number of nitrogens with zero attached hydrogens (tertiary/aromatic N) is 6. The normalized spacial score (nSPS) is 16.7. The summed E-state index contributed by atoms with van der Waals surface area (Å²) in [5.41, 5.74) is 0. The smallest absolute Gasteiger partial charge is 0.231 e. The first-order chi connectivity index (χ1) is 9.10. The maximum absolute atomic E-state index is 5.97. The van der Waals surface area contributed by atoms with Crippen LogP contribution < -0.4 is 9.80 Å². The highest BCUT2D eigenvalue weighted by atomic mass is 35.5. The molecule has 1 aromatic rings. The van der Waals surface area contributed by atoms with Crippen molar-refractivity contribution in [3.05, 3.63) is 5.28 Å². The molecule has 0 aromatic carbocycles. The first-order valence-electron chi connectivity index (χ1n) is 6.66. The fraction of sp³-hybridized carbons (Fsp3) is 0.750. The number of halogens is 1. The number of piperazine rings is 1. The Balaban J connectivity index is 2.06. The van der Waals surface area contributed by atoms with Crippen molar-refractivity contribution >= 4 is 23.5 Å². The summed E-state index contributed by atoms with van der Waals surface area (Å²) >= 11 is 5.97. The van der Waals surface area contributed by atoms with Crippen LogP contribution in [0.4, 0.5) is 11.9 Å². The average Bonchev–Trinajstić information content (AvgIpc) is 2.39. The van der Waals surface area contributed by atoms with Crippen molar-refractivity contribution in [3.8, 4) is 0 Å². The third-order valence-electron chi connectivity index (χ3n) is 3.18. The summed E-state index contributed by atoms with van der Waals surface area (Å²) in [6.07, 6.45) is 1.20. The van der Waals surface area contributed by atoms with Gasteiger partial charge in [-0.25, -0.2) is 0 Å². The van der Waals surface area contributed by atoms with Gasteiger partial charge in [0.2, 0.25) is 17.2 Å². The minimum absolute atomic E-state index is 0.254. The molecule has 0 unspecified atom stereocenters. The highest BCUT2D eigenvalue weighted by molar-refractivity contribution is 6.28. The zero-order chi connectivity index (χ0) is 13.8. The molecule has 0 saturated carbocycles. The van der Waals surface area contributed by atoms with E-state index in [1.165, 1.54) is 6.42 Å². The number of hydrogen-bond acceptors (Lipinski definition) is 6. The third kappa shape index (κ3) is 3.67. The van der Waals surface area contributed by atoms with Crippen LogP contribution in [-0.4, -0.2) is 66.7 Å². The Labute approximate surface area is 119 Å². The zero-order valence-electron chi connectivity index (χ0n) is 11.8. The second-order valence-electron chi connectivity index (χ2n) is 4.93. The van der Waals surface area contributed by atoms with Gasteiger partial charge >= 0.3 is 0 Å². The van der Waals surface area contributed by atoms with Crippen molar-refractivity contribution in [2.75, 3.05) is 56.6 Å². The van der Waals surface area contributed by atoms with E-state index in [9.17, 15) is 0 Å². The molecule has 1 fully saturated rings. The molecular weight excluding hydrogens is 264 g/mol. The molecule has 6 nitrogen and oxygen atoms in total. The van der Waals surface area contributed by atoms with Gasteiger partial charge in [0, 0.05) is 40.3 Å². The summed E-state index contributed by atoms with van der Waals surface area (Å²) in [6, 6.07) is 0. The Kier molecular flexibility index (Phi) is 4.76. The standard InChI is InChI=1S/C12H21ClN6/c1-4-5-18-6-8-19(9-7-18)12-15-10(13)14-11(16-12)17(2)3/h4-9H2,1-3H3. The van der Waals surface area contributed by atoms with Crippen LogP contribution in [0.5, 0.6) is 0 Å². The minimum atomic E-state index is 0.254. The van der Waals surface area contributed by atoms with Crippen molar-refractivity contribution in [1.82, 2.24) is 19.9 Å². The molecule has 1 aliphatic rings. The van der Waals surface area contributed by atoms with Crippen molar-refractivity contribution in [1.29, 1.82) is 0 Å². The lowest BCUT2D eigenvalue weighted by Gasteiger charge is -2.34. The van der Waals surface area contributed by atoms with Gasteiger partial charge in [-0.1, -0.05) is 6.92 Å². The number of aromatic nitrogens is 3. The number of rotatable bonds is 4. The lowest BCUT2D eigenvalue weighted by molar-refractivity contribution is 0.257. The molecule has 1 aliphatic heterocycles. The van der Waals surface area contributed by atoms with Gasteiger partial charge in [-0.15, -0.1) is 0 Å². The fourth-order valence-corrected chi connectivity index (χ4v) is 2.31. The second-order valence-corrected chi connectivity index (χ2v) is 5.27. The molecule has 1 saturated heterocycles. The largest absolute Gasteiger partial charge is 0.347 e. The first-order valence-corrected chi connectivity index (χ1v) is 7.04. The van der Waals surface area contributed by atoms with Crippen molar-refractivity contribution in [2.45, 2.75) is 13.3 Å². The second kappa shape index (κ2) is 6.34. The Bertz CT molecular complexity index is 417. The maximum Gasteiger partial charge on any atom is 0.231 e. The number of anilines is 2. The lowest BCUT2D eigenvalue weighted by Crippen LogP contribution is -2.47. The van der Waals surface area contributed by atoms with Crippen LogP contribution in [0.1, 0.15) is 13.3 Å². The van der Waals surface area contributed by atoms with Crippen molar-refractivity contribution < 1.29 is 0 Å². The van der Waals surface area contributed by atoms with E-state index in [4.69, 9.17) is 11.6 Å². The number of hydrogen-bond donors (Lipinski definition) is 0. The monoisotopic (exact) mass is 284 g/mol. The van der Waals surface area contributed by atoms with Gasteiger partial charge in [0.15, 0.2) is 0 Å². The maximum atomic E-state index is 5.97. The summed E-state index contributed by atoms with van der Waals surface area (Å²) in [4.78, 5) is 19.3.